The van der Waals surface area contributed by atoms with E-state index in [1.54, 1.807) is 0 Å². The highest BCUT2D eigenvalue weighted by Crippen LogP contribution is 2.15. The van der Waals surface area contributed by atoms with E-state index in [2.05, 4.69) is 10.2 Å². The Hall–Kier alpha value is -1.43. The lowest BCUT2D eigenvalue weighted by Crippen LogP contribution is -2.35. The van der Waals surface area contributed by atoms with Crippen LogP contribution in [0, 0.1) is 5.92 Å². The highest BCUT2D eigenvalue weighted by atomic mass is 16.5. The van der Waals surface area contributed by atoms with Crippen LogP contribution in [0.1, 0.15) is 18.4 Å². The van der Waals surface area contributed by atoms with E-state index in [9.17, 15) is 4.79 Å². The number of hydrogen-bond acceptors (Lipinski definition) is 4. The summed E-state index contributed by atoms with van der Waals surface area (Å²) in [5, 5.41) is 2.92. The molecule has 1 fully saturated rings. The third-order valence-electron chi connectivity index (χ3n) is 3.77. The average molecular weight is 291 g/mol. The van der Waals surface area contributed by atoms with Crippen LogP contribution in [0.3, 0.4) is 0 Å². The summed E-state index contributed by atoms with van der Waals surface area (Å²) in [6.07, 6.45) is 2.18. The maximum Gasteiger partial charge on any atom is 0.238 e. The Kier molecular flexibility index (Phi) is 6.17. The van der Waals surface area contributed by atoms with Crippen molar-refractivity contribution in [2.75, 3.05) is 38.7 Å². The maximum atomic E-state index is 12.1. The quantitative estimate of drug-likeness (QED) is 0.832. The lowest BCUT2D eigenvalue weighted by molar-refractivity contribution is -0.117. The minimum absolute atomic E-state index is 0.0127. The molecule has 0 saturated carbocycles. The molecular weight excluding hydrogens is 266 g/mol. The first-order valence-corrected chi connectivity index (χ1v) is 7.52. The molecule has 5 nitrogen and oxygen atoms in total. The van der Waals surface area contributed by atoms with Crippen LogP contribution < -0.4 is 11.1 Å². The largest absolute Gasteiger partial charge is 0.381 e. The van der Waals surface area contributed by atoms with Gasteiger partial charge in [-0.1, -0.05) is 12.1 Å². The van der Waals surface area contributed by atoms with E-state index in [1.165, 1.54) is 0 Å². The second-order valence-corrected chi connectivity index (χ2v) is 5.71. The van der Waals surface area contributed by atoms with E-state index in [0.29, 0.717) is 19.0 Å². The molecule has 1 aliphatic rings. The topological polar surface area (TPSA) is 67.6 Å². The molecule has 0 bridgehead atoms. The third kappa shape index (κ3) is 5.46. The number of carbonyl (C=O) groups is 1. The summed E-state index contributed by atoms with van der Waals surface area (Å²) < 4.78 is 5.36. The molecule has 0 spiro atoms. The maximum absolute atomic E-state index is 12.1. The molecule has 1 saturated heterocycles. The number of hydrogen-bond donors (Lipinski definition) is 2. The van der Waals surface area contributed by atoms with Gasteiger partial charge in [-0.05, 0) is 43.5 Å². The van der Waals surface area contributed by atoms with Gasteiger partial charge in [0.2, 0.25) is 5.91 Å². The summed E-state index contributed by atoms with van der Waals surface area (Å²) in [5.41, 5.74) is 7.43. The van der Waals surface area contributed by atoms with Crippen molar-refractivity contribution in [1.82, 2.24) is 4.90 Å². The van der Waals surface area contributed by atoms with Gasteiger partial charge >= 0.3 is 0 Å². The Bertz CT molecular complexity index is 459. The van der Waals surface area contributed by atoms with Crippen LogP contribution in [0.2, 0.25) is 0 Å². The Morgan fingerprint density at radius 3 is 2.90 bits per heavy atom. The fourth-order valence-corrected chi connectivity index (χ4v) is 2.66. The van der Waals surface area contributed by atoms with Crippen molar-refractivity contribution in [1.29, 1.82) is 0 Å². The molecule has 5 heteroatoms. The van der Waals surface area contributed by atoms with Crippen molar-refractivity contribution in [3.63, 3.8) is 0 Å². The Balaban J connectivity index is 1.77. The average Bonchev–Trinajstić information content (AvgIpc) is 2.48. The van der Waals surface area contributed by atoms with Gasteiger partial charge in [-0.15, -0.1) is 0 Å². The van der Waals surface area contributed by atoms with E-state index in [1.807, 2.05) is 31.3 Å². The number of benzene rings is 1. The van der Waals surface area contributed by atoms with Gasteiger partial charge in [0.05, 0.1) is 6.54 Å². The first-order chi connectivity index (χ1) is 10.2. The molecule has 21 heavy (non-hydrogen) atoms. The summed E-state index contributed by atoms with van der Waals surface area (Å²) >= 11 is 0. The second-order valence-electron chi connectivity index (χ2n) is 5.71. The van der Waals surface area contributed by atoms with E-state index >= 15 is 0 Å². The van der Waals surface area contributed by atoms with Gasteiger partial charge < -0.3 is 15.8 Å². The van der Waals surface area contributed by atoms with Crippen molar-refractivity contribution in [2.24, 2.45) is 11.7 Å². The van der Waals surface area contributed by atoms with Crippen LogP contribution in [0.15, 0.2) is 24.3 Å². The summed E-state index contributed by atoms with van der Waals surface area (Å²) in [7, 11) is 1.99. The summed E-state index contributed by atoms with van der Waals surface area (Å²) in [4.78, 5) is 14.1. The highest BCUT2D eigenvalue weighted by Gasteiger charge is 2.17. The van der Waals surface area contributed by atoms with Crippen LogP contribution >= 0.6 is 0 Å². The van der Waals surface area contributed by atoms with Gasteiger partial charge in [0.1, 0.15) is 0 Å². The molecule has 3 N–H and O–H groups in total. The number of ether oxygens (including phenoxy) is 1. The molecule has 1 aliphatic heterocycles. The van der Waals surface area contributed by atoms with Gasteiger partial charge in [-0.3, -0.25) is 9.69 Å². The van der Waals surface area contributed by atoms with Crippen molar-refractivity contribution in [2.45, 2.75) is 19.4 Å². The molecule has 1 aromatic rings. The van der Waals surface area contributed by atoms with Crippen LogP contribution in [0.5, 0.6) is 0 Å². The van der Waals surface area contributed by atoms with Crippen LogP contribution in [-0.4, -0.2) is 44.2 Å². The zero-order valence-corrected chi connectivity index (χ0v) is 12.7. The van der Waals surface area contributed by atoms with E-state index < -0.39 is 0 Å². The SMILES string of the molecule is CN(CC(=O)Nc1cccc(CN)c1)CC1CCOCC1. The zero-order chi connectivity index (χ0) is 15.1. The lowest BCUT2D eigenvalue weighted by Gasteiger charge is -2.26. The van der Waals surface area contributed by atoms with Crippen molar-refractivity contribution >= 4 is 11.6 Å². The van der Waals surface area contributed by atoms with Gasteiger partial charge in [-0.25, -0.2) is 0 Å². The first-order valence-electron chi connectivity index (χ1n) is 7.52. The third-order valence-corrected chi connectivity index (χ3v) is 3.77. The van der Waals surface area contributed by atoms with E-state index in [4.69, 9.17) is 10.5 Å². The molecule has 0 aliphatic carbocycles. The Morgan fingerprint density at radius 2 is 2.19 bits per heavy atom. The zero-order valence-electron chi connectivity index (χ0n) is 12.7. The standard InChI is InChI=1S/C16H25N3O2/c1-19(11-13-5-7-21-8-6-13)12-16(20)18-15-4-2-3-14(9-15)10-17/h2-4,9,13H,5-8,10-12,17H2,1H3,(H,18,20). The lowest BCUT2D eigenvalue weighted by atomic mass is 10.00. The normalized spacial score (nSPS) is 16.1. The molecule has 0 atom stereocenters. The number of nitrogens with two attached hydrogens (primary N) is 1. The van der Waals surface area contributed by atoms with Crippen LogP contribution in [-0.2, 0) is 16.1 Å². The number of nitrogens with one attached hydrogen (secondary N) is 1. The van der Waals surface area contributed by atoms with E-state index in [-0.39, 0.29) is 5.91 Å². The minimum atomic E-state index is 0.0127. The monoisotopic (exact) mass is 291 g/mol. The van der Waals surface area contributed by atoms with Crippen LogP contribution in [0.4, 0.5) is 5.69 Å². The van der Waals surface area contributed by atoms with Crippen molar-refractivity contribution in [3.05, 3.63) is 29.8 Å². The molecule has 1 amide bonds. The number of amides is 1. The Labute approximate surface area is 126 Å². The van der Waals surface area contributed by atoms with Crippen molar-refractivity contribution in [3.8, 4) is 0 Å². The van der Waals surface area contributed by atoms with Gasteiger partial charge in [0.15, 0.2) is 0 Å². The number of carbonyl (C=O) groups excluding carboxylic acids is 1. The smallest absolute Gasteiger partial charge is 0.238 e. The molecule has 1 heterocycles. The van der Waals surface area contributed by atoms with Crippen LogP contribution in [0.25, 0.3) is 0 Å². The second kappa shape index (κ2) is 8.12. The fourth-order valence-electron chi connectivity index (χ4n) is 2.66. The number of nitrogens with zero attached hydrogens (tertiary/aromatic N) is 1. The molecular formula is C16H25N3O2. The van der Waals surface area contributed by atoms with E-state index in [0.717, 1.165) is 43.9 Å². The minimum Gasteiger partial charge on any atom is -0.381 e. The number of likely N-dealkylation sites (N-methyl/N-ethyl adjacent to an activating group) is 1. The number of anilines is 1. The predicted octanol–water partition coefficient (Wildman–Crippen LogP) is 1.44. The molecule has 2 rings (SSSR count). The predicted molar refractivity (Wildman–Crippen MR) is 84.0 cm³/mol. The fraction of sp³-hybridized carbons (Fsp3) is 0.562. The molecule has 0 radical (unpaired) electrons. The van der Waals surface area contributed by atoms with Gasteiger partial charge in [0, 0.05) is 32.0 Å². The molecule has 0 aromatic heterocycles. The summed E-state index contributed by atoms with van der Waals surface area (Å²) in [6.45, 7) is 3.52. The molecule has 0 unspecified atom stereocenters. The summed E-state index contributed by atoms with van der Waals surface area (Å²) in [6, 6.07) is 7.66. The first kappa shape index (κ1) is 15.9. The number of rotatable bonds is 6. The highest BCUT2D eigenvalue weighted by molar-refractivity contribution is 5.92. The molecule has 1 aromatic carbocycles. The Morgan fingerprint density at radius 1 is 1.43 bits per heavy atom. The van der Waals surface area contributed by atoms with Crippen molar-refractivity contribution < 1.29 is 9.53 Å². The summed E-state index contributed by atoms with van der Waals surface area (Å²) in [5.74, 6) is 0.649. The van der Waals surface area contributed by atoms with Gasteiger partial charge in [0.25, 0.3) is 0 Å². The molecule has 116 valence electrons. The van der Waals surface area contributed by atoms with Gasteiger partial charge in [-0.2, -0.15) is 0 Å².